The minimum Gasteiger partial charge on any atom is -0.338 e. The zero-order valence-corrected chi connectivity index (χ0v) is 14.7. The van der Waals surface area contributed by atoms with Crippen LogP contribution in [-0.2, 0) is 11.2 Å². The zero-order chi connectivity index (χ0) is 17.1. The Morgan fingerprint density at radius 2 is 2.21 bits per heavy atom. The largest absolute Gasteiger partial charge is 0.338 e. The fourth-order valence-electron chi connectivity index (χ4n) is 2.87. The molecule has 1 aromatic heterocycles. The Balaban J connectivity index is 1.45. The van der Waals surface area contributed by atoms with Crippen LogP contribution in [0.3, 0.4) is 0 Å². The van der Waals surface area contributed by atoms with Crippen molar-refractivity contribution in [3.63, 3.8) is 0 Å². The third-order valence-electron chi connectivity index (χ3n) is 4.13. The molecule has 1 fully saturated rings. The summed E-state index contributed by atoms with van der Waals surface area (Å²) in [5.74, 6) is 0.00585. The highest BCUT2D eigenvalue weighted by Crippen LogP contribution is 2.21. The number of likely N-dealkylation sites (tertiary alicyclic amines) is 1. The Hall–Kier alpha value is -2.15. The van der Waals surface area contributed by atoms with Crippen molar-refractivity contribution in [1.29, 1.82) is 0 Å². The maximum absolute atomic E-state index is 12.2. The summed E-state index contributed by atoms with van der Waals surface area (Å²) in [5, 5.41) is 6.58. The van der Waals surface area contributed by atoms with Crippen LogP contribution < -0.4 is 10.6 Å². The lowest BCUT2D eigenvalue weighted by Crippen LogP contribution is -2.47. The minimum atomic E-state index is -0.408. The highest BCUT2D eigenvalue weighted by molar-refractivity contribution is 7.18. The minimum absolute atomic E-state index is 0.00585. The average Bonchev–Trinajstić information content (AvgIpc) is 3.11. The Kier molecular flexibility index (Phi) is 4.99. The van der Waals surface area contributed by atoms with Crippen LogP contribution in [0.4, 0.5) is 4.79 Å². The fourth-order valence-corrected chi connectivity index (χ4v) is 3.83. The molecule has 0 bridgehead atoms. The van der Waals surface area contributed by atoms with E-state index < -0.39 is 6.04 Å². The van der Waals surface area contributed by atoms with Crippen molar-refractivity contribution in [2.75, 3.05) is 13.1 Å². The molecule has 0 radical (unpaired) electrons. The van der Waals surface area contributed by atoms with Gasteiger partial charge in [-0.15, -0.1) is 11.3 Å². The van der Waals surface area contributed by atoms with Crippen molar-refractivity contribution in [1.82, 2.24) is 20.5 Å². The van der Waals surface area contributed by atoms with Gasteiger partial charge in [-0.05, 0) is 32.4 Å². The van der Waals surface area contributed by atoms with E-state index >= 15 is 0 Å². The summed E-state index contributed by atoms with van der Waals surface area (Å²) in [5.41, 5.74) is 0.993. The lowest BCUT2D eigenvalue weighted by atomic mass is 10.2. The van der Waals surface area contributed by atoms with Gasteiger partial charge in [0.15, 0.2) is 0 Å². The molecule has 1 aliphatic rings. The molecule has 0 saturated carbocycles. The molecule has 2 N–H and O–H groups in total. The highest BCUT2D eigenvalue weighted by Gasteiger charge is 2.33. The molecule has 1 aromatic carbocycles. The molecule has 3 rings (SSSR count). The van der Waals surface area contributed by atoms with Gasteiger partial charge in [0.05, 0.1) is 15.2 Å². The number of nitrogens with one attached hydrogen (secondary N) is 2. The molecule has 6 nitrogen and oxygen atoms in total. The number of fused-ring (bicyclic) bond motifs is 1. The van der Waals surface area contributed by atoms with Crippen LogP contribution in [0, 0.1) is 0 Å². The Bertz CT molecular complexity index is 710. The quantitative estimate of drug-likeness (QED) is 0.871. The van der Waals surface area contributed by atoms with Gasteiger partial charge in [-0.1, -0.05) is 12.1 Å². The van der Waals surface area contributed by atoms with Gasteiger partial charge in [-0.2, -0.15) is 0 Å². The molecule has 7 heteroatoms. The molecule has 3 amide bonds. The molecule has 0 aliphatic carbocycles. The van der Waals surface area contributed by atoms with E-state index in [9.17, 15) is 9.59 Å². The molecular weight excluding hydrogens is 324 g/mol. The zero-order valence-electron chi connectivity index (χ0n) is 13.9. The van der Waals surface area contributed by atoms with E-state index in [4.69, 9.17) is 0 Å². The lowest BCUT2D eigenvalue weighted by molar-refractivity contribution is -0.130. The van der Waals surface area contributed by atoms with Crippen LogP contribution in [0.15, 0.2) is 24.3 Å². The molecule has 0 spiro atoms. The number of rotatable bonds is 5. The highest BCUT2D eigenvalue weighted by atomic mass is 32.1. The monoisotopic (exact) mass is 346 g/mol. The van der Waals surface area contributed by atoms with Gasteiger partial charge >= 0.3 is 6.03 Å². The number of carbonyl (C=O) groups excluding carboxylic acids is 2. The van der Waals surface area contributed by atoms with Gasteiger partial charge in [0, 0.05) is 25.6 Å². The van der Waals surface area contributed by atoms with Crippen LogP contribution >= 0.6 is 11.3 Å². The van der Waals surface area contributed by atoms with Crippen molar-refractivity contribution < 1.29 is 9.59 Å². The Labute approximate surface area is 145 Å². The second kappa shape index (κ2) is 7.17. The third-order valence-corrected chi connectivity index (χ3v) is 5.23. The van der Waals surface area contributed by atoms with E-state index in [2.05, 4.69) is 15.6 Å². The number of urea groups is 1. The number of amides is 3. The number of benzene rings is 1. The fraction of sp³-hybridized carbons (Fsp3) is 0.471. The molecule has 2 heterocycles. The maximum Gasteiger partial charge on any atom is 0.315 e. The first-order valence-electron chi connectivity index (χ1n) is 8.24. The van der Waals surface area contributed by atoms with Gasteiger partial charge in [-0.3, -0.25) is 4.79 Å². The van der Waals surface area contributed by atoms with Crippen LogP contribution in [0.1, 0.15) is 25.3 Å². The van der Waals surface area contributed by atoms with Gasteiger partial charge in [0.2, 0.25) is 5.91 Å². The van der Waals surface area contributed by atoms with Crippen molar-refractivity contribution in [3.05, 3.63) is 29.3 Å². The van der Waals surface area contributed by atoms with Crippen LogP contribution in [-0.4, -0.2) is 47.0 Å². The second-order valence-corrected chi connectivity index (χ2v) is 7.31. The number of hydrogen-bond donors (Lipinski definition) is 2. The van der Waals surface area contributed by atoms with E-state index in [0.29, 0.717) is 25.9 Å². The Morgan fingerprint density at radius 3 is 2.92 bits per heavy atom. The van der Waals surface area contributed by atoms with Crippen LogP contribution in [0.5, 0.6) is 0 Å². The van der Waals surface area contributed by atoms with Crippen molar-refractivity contribution in [2.24, 2.45) is 0 Å². The number of thiazole rings is 1. The van der Waals surface area contributed by atoms with E-state index in [-0.39, 0.29) is 18.0 Å². The summed E-state index contributed by atoms with van der Waals surface area (Å²) in [6, 6.07) is 7.47. The topological polar surface area (TPSA) is 74.3 Å². The number of para-hydroxylation sites is 1. The van der Waals surface area contributed by atoms with E-state index in [1.165, 1.54) is 0 Å². The number of aromatic nitrogens is 1. The maximum atomic E-state index is 12.2. The first-order chi connectivity index (χ1) is 11.5. The predicted octanol–water partition coefficient (Wildman–Crippen LogP) is 2.15. The summed E-state index contributed by atoms with van der Waals surface area (Å²) in [6.45, 7) is 5.17. The smallest absolute Gasteiger partial charge is 0.315 e. The molecule has 1 aliphatic heterocycles. The van der Waals surface area contributed by atoms with Gasteiger partial charge in [0.1, 0.15) is 6.04 Å². The van der Waals surface area contributed by atoms with Gasteiger partial charge in [0.25, 0.3) is 0 Å². The Morgan fingerprint density at radius 1 is 1.42 bits per heavy atom. The number of hydrogen-bond acceptors (Lipinski definition) is 4. The summed E-state index contributed by atoms with van der Waals surface area (Å²) in [7, 11) is 0. The van der Waals surface area contributed by atoms with E-state index in [1.54, 1.807) is 16.2 Å². The SMILES string of the molecule is CC(C)N1CC[C@@H](NC(=O)NCCc2nc3ccccc3s2)C1=O. The standard InChI is InChI=1S/C17H22N4O2S/c1-11(2)21-10-8-13(16(21)22)20-17(23)18-9-7-15-19-12-5-3-4-6-14(12)24-15/h3-6,11,13H,7-10H2,1-2H3,(H2,18,20,23)/t13-/m1/s1. The molecule has 128 valence electrons. The van der Waals surface area contributed by atoms with Crippen LogP contribution in [0.25, 0.3) is 10.2 Å². The summed E-state index contributed by atoms with van der Waals surface area (Å²) in [4.78, 5) is 30.5. The summed E-state index contributed by atoms with van der Waals surface area (Å²) in [6.07, 6.45) is 1.35. The molecule has 1 atom stereocenters. The van der Waals surface area contributed by atoms with E-state index in [0.717, 1.165) is 15.2 Å². The lowest BCUT2D eigenvalue weighted by Gasteiger charge is -2.21. The molecule has 0 unspecified atom stereocenters. The average molecular weight is 346 g/mol. The third kappa shape index (κ3) is 3.67. The predicted molar refractivity (Wildman–Crippen MR) is 95.1 cm³/mol. The summed E-state index contributed by atoms with van der Waals surface area (Å²) >= 11 is 1.64. The second-order valence-electron chi connectivity index (χ2n) is 6.19. The van der Waals surface area contributed by atoms with Gasteiger partial charge in [-0.25, -0.2) is 9.78 Å². The van der Waals surface area contributed by atoms with Crippen LogP contribution in [0.2, 0.25) is 0 Å². The normalized spacial score (nSPS) is 17.7. The van der Waals surface area contributed by atoms with Crippen molar-refractivity contribution in [3.8, 4) is 0 Å². The summed E-state index contributed by atoms with van der Waals surface area (Å²) < 4.78 is 1.15. The molecule has 24 heavy (non-hydrogen) atoms. The first kappa shape index (κ1) is 16.7. The first-order valence-corrected chi connectivity index (χ1v) is 9.05. The molecular formula is C17H22N4O2S. The van der Waals surface area contributed by atoms with Gasteiger partial charge < -0.3 is 15.5 Å². The molecule has 2 aromatic rings. The number of nitrogens with zero attached hydrogens (tertiary/aromatic N) is 2. The van der Waals surface area contributed by atoms with Crippen molar-refractivity contribution in [2.45, 2.75) is 38.8 Å². The molecule has 1 saturated heterocycles. The number of carbonyl (C=O) groups is 2. The van der Waals surface area contributed by atoms with Crippen molar-refractivity contribution >= 4 is 33.5 Å². The van der Waals surface area contributed by atoms with E-state index in [1.807, 2.05) is 38.1 Å².